The Morgan fingerprint density at radius 3 is 2.83 bits per heavy atom. The molecule has 1 aromatic carbocycles. The van der Waals surface area contributed by atoms with Gasteiger partial charge in [-0.1, -0.05) is 13.8 Å². The van der Waals surface area contributed by atoms with Gasteiger partial charge in [0, 0.05) is 6.54 Å². The lowest BCUT2D eigenvalue weighted by atomic mass is 10.1. The molecule has 1 aliphatic heterocycles. The van der Waals surface area contributed by atoms with Crippen molar-refractivity contribution in [1.82, 2.24) is 0 Å². The van der Waals surface area contributed by atoms with Crippen molar-refractivity contribution in [3.8, 4) is 5.75 Å². The van der Waals surface area contributed by atoms with E-state index in [1.54, 1.807) is 11.0 Å². The summed E-state index contributed by atoms with van der Waals surface area (Å²) in [6.07, 6.45) is 0. The topological polar surface area (TPSA) is 66.8 Å². The summed E-state index contributed by atoms with van der Waals surface area (Å²) >= 11 is 0. The number of benzene rings is 1. The third-order valence-corrected chi connectivity index (χ3v) is 2.70. The number of carboxylic acid groups (broad SMARTS) is 1. The number of nitrogens with zero attached hydrogens (tertiary/aromatic N) is 1. The van der Waals surface area contributed by atoms with Crippen LogP contribution in [-0.4, -0.2) is 30.1 Å². The highest BCUT2D eigenvalue weighted by molar-refractivity contribution is 5.99. The first-order valence-electron chi connectivity index (χ1n) is 5.79. The summed E-state index contributed by atoms with van der Waals surface area (Å²) in [5.74, 6) is -0.317. The minimum Gasteiger partial charge on any atom is -0.482 e. The van der Waals surface area contributed by atoms with E-state index in [9.17, 15) is 9.59 Å². The normalized spacial score (nSPS) is 14.4. The molecule has 0 unspecified atom stereocenters. The summed E-state index contributed by atoms with van der Waals surface area (Å²) in [5.41, 5.74) is 0.803. The number of carboxylic acids is 1. The molecule has 1 N–H and O–H groups in total. The summed E-state index contributed by atoms with van der Waals surface area (Å²) in [7, 11) is 0. The largest absolute Gasteiger partial charge is 0.482 e. The van der Waals surface area contributed by atoms with Crippen molar-refractivity contribution in [1.29, 1.82) is 0 Å². The fraction of sp³-hybridized carbons (Fsp3) is 0.385. The second-order valence-electron chi connectivity index (χ2n) is 4.67. The van der Waals surface area contributed by atoms with Gasteiger partial charge in [0.1, 0.15) is 5.75 Å². The van der Waals surface area contributed by atoms with Crippen LogP contribution in [0.3, 0.4) is 0 Å². The van der Waals surface area contributed by atoms with Crippen LogP contribution in [0.15, 0.2) is 18.2 Å². The number of hydrogen-bond donors (Lipinski definition) is 1. The third kappa shape index (κ3) is 2.30. The van der Waals surface area contributed by atoms with Crippen molar-refractivity contribution in [3.63, 3.8) is 0 Å². The van der Waals surface area contributed by atoms with Crippen LogP contribution >= 0.6 is 0 Å². The molecule has 5 heteroatoms. The Balaban J connectivity index is 2.38. The van der Waals surface area contributed by atoms with Crippen molar-refractivity contribution in [2.75, 3.05) is 18.1 Å². The summed E-state index contributed by atoms with van der Waals surface area (Å²) in [5, 5.41) is 8.91. The molecule has 5 nitrogen and oxygen atoms in total. The number of aromatic carboxylic acids is 1. The number of hydrogen-bond acceptors (Lipinski definition) is 3. The minimum atomic E-state index is -1.01. The molecule has 0 fully saturated rings. The number of amides is 1. The van der Waals surface area contributed by atoms with Gasteiger partial charge in [-0.25, -0.2) is 4.79 Å². The zero-order chi connectivity index (χ0) is 13.3. The van der Waals surface area contributed by atoms with Crippen LogP contribution in [0.2, 0.25) is 0 Å². The van der Waals surface area contributed by atoms with Gasteiger partial charge in [-0.2, -0.15) is 0 Å². The molecule has 18 heavy (non-hydrogen) atoms. The Bertz CT molecular complexity index is 496. The van der Waals surface area contributed by atoms with Crippen LogP contribution in [-0.2, 0) is 4.79 Å². The Hall–Kier alpha value is -2.04. The average molecular weight is 249 g/mol. The van der Waals surface area contributed by atoms with E-state index in [0.717, 1.165) is 0 Å². The number of anilines is 1. The molecule has 1 heterocycles. The van der Waals surface area contributed by atoms with Crippen LogP contribution in [0.5, 0.6) is 5.75 Å². The van der Waals surface area contributed by atoms with E-state index in [1.165, 1.54) is 12.1 Å². The van der Waals surface area contributed by atoms with Crippen molar-refractivity contribution in [2.24, 2.45) is 5.92 Å². The summed E-state index contributed by atoms with van der Waals surface area (Å²) < 4.78 is 5.28. The molecule has 0 bridgehead atoms. The molecule has 1 aromatic rings. The van der Waals surface area contributed by atoms with E-state index in [2.05, 4.69) is 0 Å². The molecule has 2 rings (SSSR count). The van der Waals surface area contributed by atoms with Crippen molar-refractivity contribution >= 4 is 17.6 Å². The summed E-state index contributed by atoms with van der Waals surface area (Å²) in [6, 6.07) is 4.56. The van der Waals surface area contributed by atoms with Crippen molar-refractivity contribution < 1.29 is 19.4 Å². The number of ether oxygens (including phenoxy) is 1. The maximum absolute atomic E-state index is 11.8. The average Bonchev–Trinajstić information content (AvgIpc) is 2.31. The molecule has 0 aliphatic carbocycles. The van der Waals surface area contributed by atoms with Crippen LogP contribution in [0.4, 0.5) is 5.69 Å². The molecule has 0 saturated carbocycles. The third-order valence-electron chi connectivity index (χ3n) is 2.70. The first kappa shape index (κ1) is 12.4. The van der Waals surface area contributed by atoms with Gasteiger partial charge in [-0.05, 0) is 24.1 Å². The van der Waals surface area contributed by atoms with Crippen LogP contribution in [0.25, 0.3) is 0 Å². The molecule has 1 amide bonds. The van der Waals surface area contributed by atoms with Gasteiger partial charge in [-0.15, -0.1) is 0 Å². The number of carbonyl (C=O) groups excluding carboxylic acids is 1. The van der Waals surface area contributed by atoms with Gasteiger partial charge in [-0.3, -0.25) is 4.79 Å². The number of carbonyl (C=O) groups is 2. The number of rotatable bonds is 3. The standard InChI is InChI=1S/C13H15NO4/c1-8(2)6-14-10-4-3-9(13(16)17)5-11(10)18-7-12(14)15/h3-5,8H,6-7H2,1-2H3,(H,16,17). The molecular weight excluding hydrogens is 234 g/mol. The lowest BCUT2D eigenvalue weighted by Gasteiger charge is -2.30. The molecule has 0 saturated heterocycles. The SMILES string of the molecule is CC(C)CN1C(=O)COc2cc(C(=O)O)ccc21. The highest BCUT2D eigenvalue weighted by atomic mass is 16.5. The van der Waals surface area contributed by atoms with Gasteiger partial charge < -0.3 is 14.7 Å². The van der Waals surface area contributed by atoms with Gasteiger partial charge >= 0.3 is 5.97 Å². The van der Waals surface area contributed by atoms with Gasteiger partial charge in [0.05, 0.1) is 11.3 Å². The van der Waals surface area contributed by atoms with Crippen LogP contribution in [0, 0.1) is 5.92 Å². The van der Waals surface area contributed by atoms with E-state index in [1.807, 2.05) is 13.8 Å². The first-order valence-corrected chi connectivity index (χ1v) is 5.79. The van der Waals surface area contributed by atoms with Crippen LogP contribution < -0.4 is 9.64 Å². The maximum Gasteiger partial charge on any atom is 0.335 e. The monoisotopic (exact) mass is 249 g/mol. The zero-order valence-corrected chi connectivity index (χ0v) is 10.3. The highest BCUT2D eigenvalue weighted by Crippen LogP contribution is 2.33. The minimum absolute atomic E-state index is 0.0389. The smallest absolute Gasteiger partial charge is 0.335 e. The predicted octanol–water partition coefficient (Wildman–Crippen LogP) is 1.77. The van der Waals surface area contributed by atoms with E-state index < -0.39 is 5.97 Å². The summed E-state index contributed by atoms with van der Waals surface area (Å²) in [4.78, 5) is 24.3. The molecular formula is C13H15NO4. The fourth-order valence-corrected chi connectivity index (χ4v) is 1.90. The van der Waals surface area contributed by atoms with Gasteiger partial charge in [0.2, 0.25) is 0 Å². The van der Waals surface area contributed by atoms with Crippen LogP contribution in [0.1, 0.15) is 24.2 Å². The fourth-order valence-electron chi connectivity index (χ4n) is 1.90. The van der Waals surface area contributed by atoms with Gasteiger partial charge in [0.15, 0.2) is 6.61 Å². The molecule has 1 aliphatic rings. The summed E-state index contributed by atoms with van der Waals surface area (Å²) in [6.45, 7) is 4.60. The van der Waals surface area contributed by atoms with E-state index >= 15 is 0 Å². The molecule has 0 aromatic heterocycles. The Morgan fingerprint density at radius 2 is 2.22 bits per heavy atom. The van der Waals surface area contributed by atoms with Crippen molar-refractivity contribution in [2.45, 2.75) is 13.8 Å². The Morgan fingerprint density at radius 1 is 1.50 bits per heavy atom. The van der Waals surface area contributed by atoms with Crippen molar-refractivity contribution in [3.05, 3.63) is 23.8 Å². The lowest BCUT2D eigenvalue weighted by molar-refractivity contribution is -0.121. The molecule has 0 radical (unpaired) electrons. The second-order valence-corrected chi connectivity index (χ2v) is 4.67. The zero-order valence-electron chi connectivity index (χ0n) is 10.3. The molecule has 96 valence electrons. The maximum atomic E-state index is 11.8. The lowest BCUT2D eigenvalue weighted by Crippen LogP contribution is -2.41. The molecule has 0 atom stereocenters. The van der Waals surface area contributed by atoms with Gasteiger partial charge in [0.25, 0.3) is 5.91 Å². The highest BCUT2D eigenvalue weighted by Gasteiger charge is 2.26. The Labute approximate surface area is 105 Å². The number of fused-ring (bicyclic) bond motifs is 1. The van der Waals surface area contributed by atoms with E-state index in [4.69, 9.17) is 9.84 Å². The Kier molecular flexibility index (Phi) is 3.23. The second kappa shape index (κ2) is 4.68. The first-order chi connectivity index (χ1) is 8.49. The predicted molar refractivity (Wildman–Crippen MR) is 66.1 cm³/mol. The quantitative estimate of drug-likeness (QED) is 0.886. The van der Waals surface area contributed by atoms with E-state index in [-0.39, 0.29) is 18.1 Å². The molecule has 0 spiro atoms. The van der Waals surface area contributed by atoms with E-state index in [0.29, 0.717) is 23.9 Å².